The van der Waals surface area contributed by atoms with Crippen molar-refractivity contribution in [3.05, 3.63) is 45.9 Å². The summed E-state index contributed by atoms with van der Waals surface area (Å²) in [5.41, 5.74) is 13.1. The molecule has 2 heterocycles. The maximum atomic E-state index is 11.4. The average Bonchev–Trinajstić information content (AvgIpc) is 2.64. The molecule has 0 amide bonds. The van der Waals surface area contributed by atoms with Gasteiger partial charge in [0.2, 0.25) is 11.8 Å². The lowest BCUT2D eigenvalue weighted by Crippen LogP contribution is -2.27. The molecule has 1 fully saturated rings. The van der Waals surface area contributed by atoms with E-state index >= 15 is 0 Å². The van der Waals surface area contributed by atoms with Crippen molar-refractivity contribution in [1.82, 2.24) is 15.0 Å². The van der Waals surface area contributed by atoms with Crippen LogP contribution < -0.4 is 16.8 Å². The van der Waals surface area contributed by atoms with Gasteiger partial charge in [0.1, 0.15) is 5.69 Å². The molecule has 0 spiro atoms. The normalized spacial score (nSPS) is 19.6. The summed E-state index contributed by atoms with van der Waals surface area (Å²) in [6, 6.07) is 4.10. The van der Waals surface area contributed by atoms with Crippen molar-refractivity contribution in [3.63, 3.8) is 0 Å². The molecule has 0 aromatic carbocycles. The molecule has 0 atom stereocenters. The zero-order valence-corrected chi connectivity index (χ0v) is 15.2. The molecule has 9 nitrogen and oxygen atoms in total. The van der Waals surface area contributed by atoms with Gasteiger partial charge in [-0.3, -0.25) is 15.1 Å². The van der Waals surface area contributed by atoms with Crippen LogP contribution in [-0.2, 0) is 12.8 Å². The van der Waals surface area contributed by atoms with E-state index in [9.17, 15) is 10.1 Å². The van der Waals surface area contributed by atoms with Crippen LogP contribution in [-0.4, -0.2) is 32.5 Å². The first-order chi connectivity index (χ1) is 13.0. The summed E-state index contributed by atoms with van der Waals surface area (Å²) in [4.78, 5) is 23.5. The van der Waals surface area contributed by atoms with Gasteiger partial charge in [0.25, 0.3) is 0 Å². The van der Waals surface area contributed by atoms with Crippen molar-refractivity contribution in [2.45, 2.75) is 44.6 Å². The Hall–Kier alpha value is -2.81. The monoisotopic (exact) mass is 371 g/mol. The van der Waals surface area contributed by atoms with E-state index in [1.165, 1.54) is 0 Å². The Morgan fingerprint density at radius 3 is 2.70 bits per heavy atom. The van der Waals surface area contributed by atoms with Crippen molar-refractivity contribution >= 4 is 17.5 Å². The zero-order valence-electron chi connectivity index (χ0n) is 15.2. The molecule has 5 N–H and O–H groups in total. The van der Waals surface area contributed by atoms with Gasteiger partial charge in [-0.05, 0) is 56.1 Å². The second-order valence-corrected chi connectivity index (χ2v) is 7.01. The lowest BCUT2D eigenvalue weighted by molar-refractivity contribution is -0.385. The number of nitrogens with one attached hydrogen (secondary N) is 1. The molecule has 0 saturated heterocycles. The van der Waals surface area contributed by atoms with E-state index in [-0.39, 0.29) is 17.5 Å². The van der Waals surface area contributed by atoms with E-state index in [1.54, 1.807) is 12.4 Å². The van der Waals surface area contributed by atoms with Crippen molar-refractivity contribution < 1.29 is 4.92 Å². The zero-order chi connectivity index (χ0) is 19.2. The SMILES string of the molecule is Nc1nc(NCCc2cccnc2)nc(C[C@H]2CC[C@H](N)CC2)c1[N+](=O)[O-]. The molecular formula is C18H25N7O2. The molecule has 27 heavy (non-hydrogen) atoms. The van der Waals surface area contributed by atoms with Crippen LogP contribution >= 0.6 is 0 Å². The van der Waals surface area contributed by atoms with Crippen molar-refractivity contribution in [3.8, 4) is 0 Å². The molecule has 1 aliphatic rings. The van der Waals surface area contributed by atoms with Gasteiger partial charge in [0.15, 0.2) is 0 Å². The largest absolute Gasteiger partial charge is 0.378 e. The number of aromatic nitrogens is 3. The number of pyridine rings is 1. The highest BCUT2D eigenvalue weighted by molar-refractivity contribution is 5.58. The molecule has 0 bridgehead atoms. The van der Waals surface area contributed by atoms with E-state index in [2.05, 4.69) is 20.3 Å². The fraction of sp³-hybridized carbons (Fsp3) is 0.500. The minimum Gasteiger partial charge on any atom is -0.378 e. The molecule has 0 unspecified atom stereocenters. The number of anilines is 2. The Bertz CT molecular complexity index is 777. The summed E-state index contributed by atoms with van der Waals surface area (Å²) in [6.45, 7) is 0.584. The maximum absolute atomic E-state index is 11.4. The van der Waals surface area contributed by atoms with Crippen LogP contribution in [0.5, 0.6) is 0 Å². The highest BCUT2D eigenvalue weighted by Gasteiger charge is 2.27. The summed E-state index contributed by atoms with van der Waals surface area (Å²) >= 11 is 0. The number of nitrogens with zero attached hydrogens (tertiary/aromatic N) is 4. The molecule has 2 aromatic rings. The van der Waals surface area contributed by atoms with Crippen LogP contribution in [0, 0.1) is 16.0 Å². The predicted molar refractivity (Wildman–Crippen MR) is 103 cm³/mol. The Morgan fingerprint density at radius 1 is 1.26 bits per heavy atom. The molecule has 0 aliphatic heterocycles. The summed E-state index contributed by atoms with van der Waals surface area (Å²) in [5, 5.41) is 14.6. The third-order valence-corrected chi connectivity index (χ3v) is 4.96. The Labute approximate surface area is 157 Å². The molecule has 144 valence electrons. The molecular weight excluding hydrogens is 346 g/mol. The second-order valence-electron chi connectivity index (χ2n) is 7.01. The predicted octanol–water partition coefficient (Wildman–Crippen LogP) is 2.08. The number of hydrogen-bond acceptors (Lipinski definition) is 8. The quantitative estimate of drug-likeness (QED) is 0.495. The average molecular weight is 371 g/mol. The van der Waals surface area contributed by atoms with E-state index in [0.717, 1.165) is 37.7 Å². The molecule has 0 radical (unpaired) electrons. The Morgan fingerprint density at radius 2 is 2.04 bits per heavy atom. The van der Waals surface area contributed by atoms with Gasteiger partial charge in [0, 0.05) is 25.0 Å². The van der Waals surface area contributed by atoms with Crippen molar-refractivity contribution in [2.24, 2.45) is 11.7 Å². The fourth-order valence-electron chi connectivity index (χ4n) is 3.47. The van der Waals surface area contributed by atoms with Gasteiger partial charge in [-0.25, -0.2) is 4.98 Å². The lowest BCUT2D eigenvalue weighted by Gasteiger charge is -2.25. The number of nitro groups is 1. The summed E-state index contributed by atoms with van der Waals surface area (Å²) in [5.74, 6) is 0.562. The lowest BCUT2D eigenvalue weighted by atomic mass is 9.83. The van der Waals surface area contributed by atoms with E-state index in [4.69, 9.17) is 11.5 Å². The Kier molecular flexibility index (Phi) is 6.12. The van der Waals surface area contributed by atoms with Gasteiger partial charge in [-0.1, -0.05) is 6.07 Å². The highest BCUT2D eigenvalue weighted by Crippen LogP contribution is 2.31. The van der Waals surface area contributed by atoms with Crippen LogP contribution in [0.25, 0.3) is 0 Å². The van der Waals surface area contributed by atoms with Gasteiger partial charge in [-0.15, -0.1) is 0 Å². The second kappa shape index (κ2) is 8.72. The minimum absolute atomic E-state index is 0.0959. The highest BCUT2D eigenvalue weighted by atomic mass is 16.6. The van der Waals surface area contributed by atoms with Gasteiger partial charge >= 0.3 is 5.69 Å². The van der Waals surface area contributed by atoms with Crippen molar-refractivity contribution in [2.75, 3.05) is 17.6 Å². The van der Waals surface area contributed by atoms with Gasteiger partial charge in [-0.2, -0.15) is 4.98 Å². The number of rotatable bonds is 7. The number of nitrogen functional groups attached to an aromatic ring is 1. The van der Waals surface area contributed by atoms with E-state index in [0.29, 0.717) is 30.5 Å². The van der Waals surface area contributed by atoms with Crippen LogP contribution in [0.1, 0.15) is 36.9 Å². The summed E-state index contributed by atoms with van der Waals surface area (Å²) in [7, 11) is 0. The number of hydrogen-bond donors (Lipinski definition) is 3. The Balaban J connectivity index is 1.71. The van der Waals surface area contributed by atoms with E-state index < -0.39 is 4.92 Å². The summed E-state index contributed by atoms with van der Waals surface area (Å²) < 4.78 is 0. The van der Waals surface area contributed by atoms with Crippen molar-refractivity contribution in [1.29, 1.82) is 0 Å². The topological polar surface area (TPSA) is 146 Å². The third kappa shape index (κ3) is 5.10. The van der Waals surface area contributed by atoms with Crippen LogP contribution in [0.3, 0.4) is 0 Å². The first kappa shape index (κ1) is 19.0. The maximum Gasteiger partial charge on any atom is 0.332 e. The van der Waals surface area contributed by atoms with Gasteiger partial charge in [0.05, 0.1) is 4.92 Å². The first-order valence-electron chi connectivity index (χ1n) is 9.22. The standard InChI is InChI=1S/C18H25N7O2/c19-14-5-3-12(4-6-14)10-15-16(25(26)27)17(20)24-18(23-15)22-9-7-13-2-1-8-21-11-13/h1-2,8,11-12,14H,3-7,9-10,19H2,(H3,20,22,23,24)/t12-,14-. The third-order valence-electron chi connectivity index (χ3n) is 4.96. The summed E-state index contributed by atoms with van der Waals surface area (Å²) in [6.07, 6.45) is 8.56. The molecule has 1 saturated carbocycles. The minimum atomic E-state index is -0.487. The molecule has 2 aromatic heterocycles. The van der Waals surface area contributed by atoms with Gasteiger partial charge < -0.3 is 16.8 Å². The smallest absolute Gasteiger partial charge is 0.332 e. The number of nitrogens with two attached hydrogens (primary N) is 2. The van der Waals surface area contributed by atoms with Crippen LogP contribution in [0.15, 0.2) is 24.5 Å². The fourth-order valence-corrected chi connectivity index (χ4v) is 3.47. The van der Waals surface area contributed by atoms with Crippen LogP contribution in [0.2, 0.25) is 0 Å². The molecule has 3 rings (SSSR count). The first-order valence-corrected chi connectivity index (χ1v) is 9.22. The molecule has 1 aliphatic carbocycles. The van der Waals surface area contributed by atoms with E-state index in [1.807, 2.05) is 12.1 Å². The van der Waals surface area contributed by atoms with Crippen LogP contribution in [0.4, 0.5) is 17.5 Å². The molecule has 9 heteroatoms.